The number of rotatable bonds is 10. The molecule has 9 nitrogen and oxygen atoms in total. The minimum Gasteiger partial charge on any atom is -0.492 e. The number of aromatic amines is 1. The zero-order valence-corrected chi connectivity index (χ0v) is 19.8. The zero-order chi connectivity index (χ0) is 25.0. The van der Waals surface area contributed by atoms with Crippen LogP contribution < -0.4 is 20.5 Å². The molecule has 4 aromatic rings. The standard InChI is InChI=1S/C24H26FN5O4S/c1-15-20-7-5-18(12-23(20)29-28-15)34-10-9-27-14-24(31)16-3-2-4-17(11-16)30-35(32,33)19-6-8-21(25)22(26)13-19/h2-8,11-13,24,27,30-31H,9-10,14,26H2,1H3,(H,28,29)/t24-/m0/s1. The van der Waals surface area contributed by atoms with Gasteiger partial charge in [-0.3, -0.25) is 9.82 Å². The topological polar surface area (TPSA) is 142 Å². The maximum atomic E-state index is 13.4. The van der Waals surface area contributed by atoms with Crippen LogP contribution in [0.3, 0.4) is 0 Å². The molecule has 0 unspecified atom stereocenters. The van der Waals surface area contributed by atoms with Gasteiger partial charge in [-0.1, -0.05) is 12.1 Å². The molecule has 6 N–H and O–H groups in total. The number of nitrogens with one attached hydrogen (secondary N) is 3. The molecule has 0 saturated carbocycles. The number of ether oxygens (including phenoxy) is 1. The number of anilines is 2. The lowest BCUT2D eigenvalue weighted by Gasteiger charge is -2.15. The molecule has 184 valence electrons. The second-order valence-electron chi connectivity index (χ2n) is 8.01. The average Bonchev–Trinajstić information content (AvgIpc) is 3.20. The number of halogens is 1. The van der Waals surface area contributed by atoms with Crippen LogP contribution in [0.5, 0.6) is 5.75 Å². The van der Waals surface area contributed by atoms with Gasteiger partial charge in [0.1, 0.15) is 18.2 Å². The zero-order valence-electron chi connectivity index (χ0n) is 19.0. The minimum absolute atomic E-state index is 0.161. The van der Waals surface area contributed by atoms with Crippen LogP contribution in [0.15, 0.2) is 65.6 Å². The van der Waals surface area contributed by atoms with Gasteiger partial charge in [0.05, 0.1) is 22.2 Å². The fourth-order valence-electron chi connectivity index (χ4n) is 3.53. The van der Waals surface area contributed by atoms with E-state index >= 15 is 0 Å². The van der Waals surface area contributed by atoms with Crippen molar-refractivity contribution in [2.45, 2.75) is 17.9 Å². The Morgan fingerprint density at radius 2 is 2.00 bits per heavy atom. The van der Waals surface area contributed by atoms with Crippen LogP contribution in [0.2, 0.25) is 0 Å². The molecule has 1 atom stereocenters. The molecule has 0 spiro atoms. The maximum Gasteiger partial charge on any atom is 0.261 e. The first kappa shape index (κ1) is 24.5. The first-order valence-electron chi connectivity index (χ1n) is 10.9. The molecule has 0 aliphatic carbocycles. The molecule has 3 aromatic carbocycles. The average molecular weight is 500 g/mol. The van der Waals surface area contributed by atoms with E-state index in [1.54, 1.807) is 18.2 Å². The lowest BCUT2D eigenvalue weighted by atomic mass is 10.1. The highest BCUT2D eigenvalue weighted by atomic mass is 32.2. The number of nitrogens with zero attached hydrogens (tertiary/aromatic N) is 1. The van der Waals surface area contributed by atoms with E-state index in [0.717, 1.165) is 34.8 Å². The Morgan fingerprint density at radius 3 is 2.80 bits per heavy atom. The summed E-state index contributed by atoms with van der Waals surface area (Å²) >= 11 is 0. The van der Waals surface area contributed by atoms with Crippen molar-refractivity contribution in [2.24, 2.45) is 0 Å². The van der Waals surface area contributed by atoms with Crippen molar-refractivity contribution in [3.63, 3.8) is 0 Å². The van der Waals surface area contributed by atoms with Gasteiger partial charge in [-0.2, -0.15) is 5.10 Å². The summed E-state index contributed by atoms with van der Waals surface area (Å²) in [6.45, 7) is 3.08. The lowest BCUT2D eigenvalue weighted by molar-refractivity contribution is 0.172. The molecule has 1 heterocycles. The predicted octanol–water partition coefficient (Wildman–Crippen LogP) is 3.10. The van der Waals surface area contributed by atoms with Gasteiger partial charge in [-0.25, -0.2) is 12.8 Å². The highest BCUT2D eigenvalue weighted by Crippen LogP contribution is 2.23. The molecule has 0 bridgehead atoms. The van der Waals surface area contributed by atoms with Crippen molar-refractivity contribution in [1.29, 1.82) is 0 Å². The Labute approximate surface area is 202 Å². The van der Waals surface area contributed by atoms with Gasteiger partial charge in [0.2, 0.25) is 0 Å². The van der Waals surface area contributed by atoms with Gasteiger partial charge < -0.3 is 20.9 Å². The van der Waals surface area contributed by atoms with E-state index in [1.165, 1.54) is 6.07 Å². The first-order valence-corrected chi connectivity index (χ1v) is 12.4. The summed E-state index contributed by atoms with van der Waals surface area (Å²) in [7, 11) is -3.98. The second-order valence-corrected chi connectivity index (χ2v) is 9.69. The molecule has 0 radical (unpaired) electrons. The Balaban J connectivity index is 1.28. The Hall–Kier alpha value is -3.67. The monoisotopic (exact) mass is 499 g/mol. The smallest absolute Gasteiger partial charge is 0.261 e. The number of hydrogen-bond acceptors (Lipinski definition) is 7. The van der Waals surface area contributed by atoms with Gasteiger partial charge in [-0.15, -0.1) is 0 Å². The molecule has 0 saturated heterocycles. The van der Waals surface area contributed by atoms with Crippen molar-refractivity contribution in [1.82, 2.24) is 15.5 Å². The lowest BCUT2D eigenvalue weighted by Crippen LogP contribution is -2.26. The van der Waals surface area contributed by atoms with Crippen LogP contribution >= 0.6 is 0 Å². The van der Waals surface area contributed by atoms with Gasteiger partial charge in [-0.05, 0) is 55.0 Å². The molecular weight excluding hydrogens is 473 g/mol. The molecule has 0 amide bonds. The summed E-state index contributed by atoms with van der Waals surface area (Å²) < 4.78 is 46.7. The number of aliphatic hydroxyl groups is 1. The van der Waals surface area contributed by atoms with Gasteiger partial charge in [0.15, 0.2) is 0 Å². The Kier molecular flexibility index (Phi) is 7.20. The van der Waals surface area contributed by atoms with Crippen LogP contribution in [0.4, 0.5) is 15.8 Å². The van der Waals surface area contributed by atoms with Gasteiger partial charge in [0.25, 0.3) is 10.0 Å². The van der Waals surface area contributed by atoms with Crippen LogP contribution in [0.25, 0.3) is 10.9 Å². The van der Waals surface area contributed by atoms with Crippen LogP contribution in [0, 0.1) is 12.7 Å². The van der Waals surface area contributed by atoms with E-state index in [2.05, 4.69) is 20.2 Å². The number of H-pyrrole nitrogens is 1. The molecule has 11 heteroatoms. The van der Waals surface area contributed by atoms with E-state index in [9.17, 15) is 17.9 Å². The minimum atomic E-state index is -3.98. The van der Waals surface area contributed by atoms with Crippen molar-refractivity contribution in [3.05, 3.63) is 77.7 Å². The fraction of sp³-hybridized carbons (Fsp3) is 0.208. The summed E-state index contributed by atoms with van der Waals surface area (Å²) in [4.78, 5) is -0.161. The van der Waals surface area contributed by atoms with Crippen LogP contribution in [-0.2, 0) is 10.0 Å². The normalized spacial score (nSPS) is 12.5. The number of nitrogen functional groups attached to an aromatic ring is 1. The van der Waals surface area contributed by atoms with E-state index in [-0.39, 0.29) is 22.8 Å². The summed E-state index contributed by atoms with van der Waals surface area (Å²) in [6.07, 6.45) is -0.871. The molecule has 0 aliphatic rings. The van der Waals surface area contributed by atoms with Crippen molar-refractivity contribution < 1.29 is 22.7 Å². The predicted molar refractivity (Wildman–Crippen MR) is 132 cm³/mol. The third-order valence-electron chi connectivity index (χ3n) is 5.40. The highest BCUT2D eigenvalue weighted by molar-refractivity contribution is 7.92. The van der Waals surface area contributed by atoms with Crippen LogP contribution in [-0.4, -0.2) is 43.4 Å². The highest BCUT2D eigenvalue weighted by Gasteiger charge is 2.17. The quantitative estimate of drug-likeness (QED) is 0.167. The summed E-state index contributed by atoms with van der Waals surface area (Å²) in [5.41, 5.74) is 7.84. The summed E-state index contributed by atoms with van der Waals surface area (Å²) in [5, 5.41) is 21.8. The molecule has 4 rings (SSSR count). The van der Waals surface area contributed by atoms with E-state index in [0.29, 0.717) is 24.5 Å². The van der Waals surface area contributed by atoms with E-state index in [4.69, 9.17) is 10.5 Å². The Morgan fingerprint density at radius 1 is 1.17 bits per heavy atom. The van der Waals surface area contributed by atoms with E-state index < -0.39 is 21.9 Å². The van der Waals surface area contributed by atoms with Crippen molar-refractivity contribution in [3.8, 4) is 5.75 Å². The fourth-order valence-corrected chi connectivity index (χ4v) is 4.61. The largest absolute Gasteiger partial charge is 0.492 e. The summed E-state index contributed by atoms with van der Waals surface area (Å²) in [5.74, 6) is 0.00929. The number of nitrogens with two attached hydrogens (primary N) is 1. The van der Waals surface area contributed by atoms with Gasteiger partial charge >= 0.3 is 0 Å². The molecule has 0 fully saturated rings. The molecule has 0 aliphatic heterocycles. The molecule has 35 heavy (non-hydrogen) atoms. The third-order valence-corrected chi connectivity index (χ3v) is 6.78. The maximum absolute atomic E-state index is 13.4. The number of sulfonamides is 1. The number of aliphatic hydroxyl groups excluding tert-OH is 1. The number of benzene rings is 3. The van der Waals surface area contributed by atoms with Crippen molar-refractivity contribution >= 4 is 32.3 Å². The van der Waals surface area contributed by atoms with Gasteiger partial charge in [0, 0.05) is 35.9 Å². The third kappa shape index (κ3) is 5.88. The second kappa shape index (κ2) is 10.3. The number of fused-ring (bicyclic) bond motifs is 1. The molecule has 1 aromatic heterocycles. The van der Waals surface area contributed by atoms with E-state index in [1.807, 2.05) is 25.1 Å². The number of hydrogen-bond donors (Lipinski definition) is 5. The molecular formula is C24H26FN5O4S. The summed E-state index contributed by atoms with van der Waals surface area (Å²) in [6, 6.07) is 15.3. The Bertz CT molecular complexity index is 1440. The van der Waals surface area contributed by atoms with Crippen LogP contribution in [0.1, 0.15) is 17.4 Å². The number of aryl methyl sites for hydroxylation is 1. The first-order chi connectivity index (χ1) is 16.7. The SMILES string of the molecule is Cc1[nH]nc2cc(OCCNC[C@H](O)c3cccc(NS(=O)(=O)c4ccc(F)c(N)c4)c3)ccc12. The number of aromatic nitrogens is 2. The van der Waals surface area contributed by atoms with Crippen molar-refractivity contribution in [2.75, 3.05) is 30.2 Å².